The monoisotopic (exact) mass is 282 g/mol. The molecule has 0 spiro atoms. The number of aromatic hydroxyl groups is 1. The molecule has 3 aromatic rings. The summed E-state index contributed by atoms with van der Waals surface area (Å²) in [6.45, 7) is 1.85. The SMILES string of the molecule is Cc1cc2nccc(C(=O)N(C)c3ccc(O)cc3)n2n1. The van der Waals surface area contributed by atoms with Gasteiger partial charge in [-0.25, -0.2) is 9.50 Å². The highest BCUT2D eigenvalue weighted by Crippen LogP contribution is 2.19. The number of fused-ring (bicyclic) bond motifs is 1. The summed E-state index contributed by atoms with van der Waals surface area (Å²) in [5, 5.41) is 13.6. The molecule has 3 rings (SSSR count). The molecule has 1 amide bonds. The van der Waals surface area contributed by atoms with Gasteiger partial charge in [-0.15, -0.1) is 0 Å². The largest absolute Gasteiger partial charge is 0.508 e. The van der Waals surface area contributed by atoms with Crippen LogP contribution in [0.15, 0.2) is 42.6 Å². The van der Waals surface area contributed by atoms with Gasteiger partial charge in [0.15, 0.2) is 5.65 Å². The van der Waals surface area contributed by atoms with E-state index in [0.717, 1.165) is 5.69 Å². The maximum Gasteiger partial charge on any atom is 0.276 e. The minimum atomic E-state index is -0.198. The van der Waals surface area contributed by atoms with Crippen LogP contribution < -0.4 is 4.90 Å². The van der Waals surface area contributed by atoms with Crippen molar-refractivity contribution in [1.82, 2.24) is 14.6 Å². The molecule has 0 aliphatic carbocycles. The molecule has 6 heteroatoms. The number of aromatic nitrogens is 3. The quantitative estimate of drug-likeness (QED) is 0.780. The molecule has 0 unspecified atom stereocenters. The molecular formula is C15H14N4O2. The van der Waals surface area contributed by atoms with Crippen LogP contribution in [0.1, 0.15) is 16.2 Å². The van der Waals surface area contributed by atoms with E-state index in [1.54, 1.807) is 43.6 Å². The third-order valence-corrected chi connectivity index (χ3v) is 3.24. The molecular weight excluding hydrogens is 268 g/mol. The summed E-state index contributed by atoms with van der Waals surface area (Å²) >= 11 is 0. The van der Waals surface area contributed by atoms with Gasteiger partial charge in [-0.2, -0.15) is 5.10 Å². The van der Waals surface area contributed by atoms with Crippen molar-refractivity contribution >= 4 is 17.2 Å². The lowest BCUT2D eigenvalue weighted by molar-refractivity contribution is 0.0985. The Morgan fingerprint density at radius 3 is 2.67 bits per heavy atom. The minimum absolute atomic E-state index is 0.161. The zero-order valence-corrected chi connectivity index (χ0v) is 11.7. The van der Waals surface area contributed by atoms with Crippen LogP contribution in [0.4, 0.5) is 5.69 Å². The van der Waals surface area contributed by atoms with Crippen molar-refractivity contribution in [1.29, 1.82) is 0 Å². The highest BCUT2D eigenvalue weighted by atomic mass is 16.3. The number of phenols is 1. The van der Waals surface area contributed by atoms with E-state index in [1.807, 2.05) is 13.0 Å². The summed E-state index contributed by atoms with van der Waals surface area (Å²) in [7, 11) is 1.68. The fourth-order valence-corrected chi connectivity index (χ4v) is 2.14. The molecule has 21 heavy (non-hydrogen) atoms. The second kappa shape index (κ2) is 4.90. The van der Waals surface area contributed by atoms with E-state index in [1.165, 1.54) is 9.42 Å². The van der Waals surface area contributed by atoms with Crippen LogP contribution in [0.5, 0.6) is 5.75 Å². The first-order valence-corrected chi connectivity index (χ1v) is 6.45. The highest BCUT2D eigenvalue weighted by molar-refractivity contribution is 6.04. The zero-order valence-electron chi connectivity index (χ0n) is 11.7. The van der Waals surface area contributed by atoms with E-state index in [4.69, 9.17) is 0 Å². The number of aryl methyl sites for hydroxylation is 1. The Morgan fingerprint density at radius 1 is 1.24 bits per heavy atom. The molecule has 0 aliphatic heterocycles. The first-order valence-electron chi connectivity index (χ1n) is 6.45. The third-order valence-electron chi connectivity index (χ3n) is 3.24. The number of phenolic OH excluding ortho intramolecular Hbond substituents is 1. The van der Waals surface area contributed by atoms with Gasteiger partial charge >= 0.3 is 0 Å². The van der Waals surface area contributed by atoms with E-state index >= 15 is 0 Å². The lowest BCUT2D eigenvalue weighted by Gasteiger charge is -2.17. The van der Waals surface area contributed by atoms with Crippen LogP contribution in [0.3, 0.4) is 0 Å². The van der Waals surface area contributed by atoms with Crippen LogP contribution in [-0.4, -0.2) is 32.7 Å². The molecule has 106 valence electrons. The maximum absolute atomic E-state index is 12.6. The van der Waals surface area contributed by atoms with Gasteiger partial charge in [0.2, 0.25) is 0 Å². The first kappa shape index (κ1) is 13.1. The highest BCUT2D eigenvalue weighted by Gasteiger charge is 2.17. The molecule has 0 bridgehead atoms. The Bertz CT molecular complexity index is 808. The Hall–Kier alpha value is -2.89. The number of hydrogen-bond donors (Lipinski definition) is 1. The van der Waals surface area contributed by atoms with Gasteiger partial charge in [0.25, 0.3) is 5.91 Å². The zero-order chi connectivity index (χ0) is 15.0. The molecule has 0 fully saturated rings. The summed E-state index contributed by atoms with van der Waals surface area (Å²) in [4.78, 5) is 18.3. The van der Waals surface area contributed by atoms with Crippen LogP contribution >= 0.6 is 0 Å². The van der Waals surface area contributed by atoms with Crippen LogP contribution in [0, 0.1) is 6.92 Å². The van der Waals surface area contributed by atoms with Crippen molar-refractivity contribution in [2.45, 2.75) is 6.92 Å². The van der Waals surface area contributed by atoms with E-state index in [9.17, 15) is 9.90 Å². The van der Waals surface area contributed by atoms with Gasteiger partial charge in [0.05, 0.1) is 5.69 Å². The van der Waals surface area contributed by atoms with Gasteiger partial charge in [-0.3, -0.25) is 4.79 Å². The molecule has 0 atom stereocenters. The van der Waals surface area contributed by atoms with E-state index in [2.05, 4.69) is 10.1 Å². The number of benzene rings is 1. The van der Waals surface area contributed by atoms with Crippen LogP contribution in [0.25, 0.3) is 5.65 Å². The van der Waals surface area contributed by atoms with Gasteiger partial charge in [-0.05, 0) is 37.3 Å². The Kier molecular flexibility index (Phi) is 3.06. The normalized spacial score (nSPS) is 10.8. The lowest BCUT2D eigenvalue weighted by Crippen LogP contribution is -2.28. The predicted molar refractivity (Wildman–Crippen MR) is 78.6 cm³/mol. The minimum Gasteiger partial charge on any atom is -0.508 e. The molecule has 2 heterocycles. The fraction of sp³-hybridized carbons (Fsp3) is 0.133. The number of rotatable bonds is 2. The Morgan fingerprint density at radius 2 is 1.95 bits per heavy atom. The molecule has 0 saturated carbocycles. The number of amides is 1. The third kappa shape index (κ3) is 2.31. The summed E-state index contributed by atoms with van der Waals surface area (Å²) in [6.07, 6.45) is 1.59. The summed E-state index contributed by atoms with van der Waals surface area (Å²) < 4.78 is 1.54. The number of nitrogens with zero attached hydrogens (tertiary/aromatic N) is 4. The molecule has 0 saturated heterocycles. The van der Waals surface area contributed by atoms with E-state index in [-0.39, 0.29) is 11.7 Å². The fourth-order valence-electron chi connectivity index (χ4n) is 2.14. The maximum atomic E-state index is 12.6. The molecule has 1 aromatic carbocycles. The number of carbonyl (C=O) groups is 1. The molecule has 0 aliphatic rings. The van der Waals surface area contributed by atoms with Crippen molar-refractivity contribution in [2.75, 3.05) is 11.9 Å². The first-order chi connectivity index (χ1) is 10.1. The van der Waals surface area contributed by atoms with Gasteiger partial charge in [-0.1, -0.05) is 0 Å². The van der Waals surface area contributed by atoms with Crippen LogP contribution in [0.2, 0.25) is 0 Å². The number of hydrogen-bond acceptors (Lipinski definition) is 4. The molecule has 6 nitrogen and oxygen atoms in total. The predicted octanol–water partition coefficient (Wildman–Crippen LogP) is 2.02. The number of carbonyl (C=O) groups excluding carboxylic acids is 1. The molecule has 0 radical (unpaired) electrons. The standard InChI is InChI=1S/C15H14N4O2/c1-10-9-14-16-8-7-13(19(14)17-10)15(21)18(2)11-3-5-12(20)6-4-11/h3-9,20H,1-2H3. The second-order valence-corrected chi connectivity index (χ2v) is 4.77. The molecule has 1 N–H and O–H groups in total. The van der Waals surface area contributed by atoms with Crippen LogP contribution in [-0.2, 0) is 0 Å². The lowest BCUT2D eigenvalue weighted by atomic mass is 10.2. The van der Waals surface area contributed by atoms with E-state index in [0.29, 0.717) is 17.0 Å². The summed E-state index contributed by atoms with van der Waals surface area (Å²) in [6, 6.07) is 9.90. The molecule has 2 aromatic heterocycles. The smallest absolute Gasteiger partial charge is 0.276 e. The van der Waals surface area contributed by atoms with Crippen molar-refractivity contribution in [2.24, 2.45) is 0 Å². The summed E-state index contributed by atoms with van der Waals surface area (Å²) in [5.41, 5.74) is 2.56. The second-order valence-electron chi connectivity index (χ2n) is 4.77. The topological polar surface area (TPSA) is 70.7 Å². The Balaban J connectivity index is 2.01. The van der Waals surface area contributed by atoms with E-state index < -0.39 is 0 Å². The summed E-state index contributed by atoms with van der Waals surface area (Å²) in [5.74, 6) is -0.0372. The number of anilines is 1. The Labute approximate surface area is 121 Å². The average Bonchev–Trinajstić information content (AvgIpc) is 2.86. The van der Waals surface area contributed by atoms with Crippen molar-refractivity contribution in [3.63, 3.8) is 0 Å². The van der Waals surface area contributed by atoms with Crippen molar-refractivity contribution in [3.8, 4) is 5.75 Å². The van der Waals surface area contributed by atoms with Crippen molar-refractivity contribution in [3.05, 3.63) is 54.0 Å². The van der Waals surface area contributed by atoms with Gasteiger partial charge in [0.1, 0.15) is 11.4 Å². The van der Waals surface area contributed by atoms with Crippen molar-refractivity contribution < 1.29 is 9.90 Å². The van der Waals surface area contributed by atoms with Gasteiger partial charge in [0, 0.05) is 25.0 Å². The van der Waals surface area contributed by atoms with Gasteiger partial charge < -0.3 is 10.0 Å². The average molecular weight is 282 g/mol.